The molecule has 0 amide bonds. The summed E-state index contributed by atoms with van der Waals surface area (Å²) >= 11 is 6.04. The van der Waals surface area contributed by atoms with Crippen molar-refractivity contribution in [2.75, 3.05) is 13.0 Å². The van der Waals surface area contributed by atoms with Gasteiger partial charge in [-0.3, -0.25) is 19.2 Å². The lowest BCUT2D eigenvalue weighted by Crippen LogP contribution is -2.70. The number of halogens is 2. The van der Waals surface area contributed by atoms with Gasteiger partial charge in [0.2, 0.25) is 0 Å². The summed E-state index contributed by atoms with van der Waals surface area (Å²) in [6.07, 6.45) is 3.96. The first-order valence-corrected chi connectivity index (χ1v) is 13.0. The van der Waals surface area contributed by atoms with E-state index < -0.39 is 75.5 Å². The van der Waals surface area contributed by atoms with E-state index in [1.807, 2.05) is 0 Å². The molecule has 9 atom stereocenters. The van der Waals surface area contributed by atoms with Crippen LogP contribution in [0.25, 0.3) is 0 Å². The van der Waals surface area contributed by atoms with Crippen molar-refractivity contribution in [3.63, 3.8) is 0 Å². The number of esters is 2. The number of alkyl halides is 2. The Morgan fingerprint density at radius 2 is 1.92 bits per heavy atom. The second-order valence-electron chi connectivity index (χ2n) is 11.4. The topological polar surface area (TPSA) is 107 Å². The molecule has 1 N–H and O–H groups in total. The van der Waals surface area contributed by atoms with Gasteiger partial charge in [-0.15, -0.1) is 11.6 Å². The van der Waals surface area contributed by atoms with Crippen LogP contribution >= 0.6 is 11.6 Å². The Bertz CT molecular complexity index is 1070. The van der Waals surface area contributed by atoms with Crippen LogP contribution in [0.4, 0.5) is 4.39 Å². The Hall–Kier alpha value is -2.06. The Labute approximate surface area is 215 Å². The fourth-order valence-corrected chi connectivity index (χ4v) is 8.22. The predicted molar refractivity (Wildman–Crippen MR) is 129 cm³/mol. The van der Waals surface area contributed by atoms with Crippen LogP contribution in [0.5, 0.6) is 0 Å². The number of ketones is 2. The molecule has 0 aromatic rings. The lowest BCUT2D eigenvalue weighted by Gasteiger charge is -2.62. The summed E-state index contributed by atoms with van der Waals surface area (Å²) in [5.74, 6) is -5.78. The first kappa shape index (κ1) is 27.0. The Balaban J connectivity index is 1.81. The molecule has 0 spiro atoms. The third-order valence-electron chi connectivity index (χ3n) is 9.89. The summed E-state index contributed by atoms with van der Waals surface area (Å²) in [7, 11) is 1.15. The fraction of sp³-hybridized carbons (Fsp3) is 0.704. The van der Waals surface area contributed by atoms with Gasteiger partial charge in [0.15, 0.2) is 28.8 Å². The number of Topliss-reactive ketones (excluding diaryl/α,β-unsaturated/α-hetero) is 1. The zero-order valence-electron chi connectivity index (χ0n) is 21.3. The molecular formula is C27H34ClFO7. The lowest BCUT2D eigenvalue weighted by molar-refractivity contribution is -0.228. The van der Waals surface area contributed by atoms with Crippen LogP contribution in [0.3, 0.4) is 0 Å². The molecule has 9 heteroatoms. The van der Waals surface area contributed by atoms with E-state index in [2.05, 4.69) is 4.74 Å². The van der Waals surface area contributed by atoms with Gasteiger partial charge in [0, 0.05) is 22.7 Å². The van der Waals surface area contributed by atoms with Crippen molar-refractivity contribution >= 4 is 35.1 Å². The molecule has 7 nitrogen and oxygen atoms in total. The van der Waals surface area contributed by atoms with Gasteiger partial charge >= 0.3 is 11.9 Å². The van der Waals surface area contributed by atoms with Gasteiger partial charge < -0.3 is 14.6 Å². The number of methoxy groups -OCH3 is 1. The average molecular weight is 525 g/mol. The summed E-state index contributed by atoms with van der Waals surface area (Å²) < 4.78 is 28.0. The van der Waals surface area contributed by atoms with Crippen LogP contribution in [0.1, 0.15) is 53.4 Å². The zero-order chi connectivity index (χ0) is 26.8. The van der Waals surface area contributed by atoms with E-state index in [1.54, 1.807) is 26.8 Å². The summed E-state index contributed by atoms with van der Waals surface area (Å²) in [6, 6.07) is 0. The number of rotatable bonds is 5. The van der Waals surface area contributed by atoms with Crippen LogP contribution in [0.15, 0.2) is 23.8 Å². The molecule has 0 radical (unpaired) electrons. The molecule has 4 aliphatic carbocycles. The van der Waals surface area contributed by atoms with Gasteiger partial charge in [0.1, 0.15) is 0 Å². The maximum Gasteiger partial charge on any atom is 0.321 e. The van der Waals surface area contributed by atoms with Gasteiger partial charge in [-0.2, -0.15) is 0 Å². The van der Waals surface area contributed by atoms with Gasteiger partial charge in [-0.05, 0) is 57.6 Å². The molecule has 0 aliphatic heterocycles. The third-order valence-corrected chi connectivity index (χ3v) is 10.1. The molecule has 3 saturated carbocycles. The molecular weight excluding hydrogens is 491 g/mol. The number of aliphatic hydroxyl groups is 1. The minimum atomic E-state index is -2.08. The van der Waals surface area contributed by atoms with E-state index in [1.165, 1.54) is 19.1 Å². The monoisotopic (exact) mass is 524 g/mol. The molecule has 4 aliphatic rings. The van der Waals surface area contributed by atoms with Crippen LogP contribution in [0.2, 0.25) is 0 Å². The van der Waals surface area contributed by atoms with Crippen LogP contribution in [-0.4, -0.2) is 59.0 Å². The average Bonchev–Trinajstić information content (AvgIpc) is 3.05. The minimum absolute atomic E-state index is 0.151. The number of carbonyl (C=O) groups excluding carboxylic acids is 4. The number of aliphatic hydroxyl groups excluding tert-OH is 1. The van der Waals surface area contributed by atoms with Crippen molar-refractivity contribution in [2.45, 2.75) is 70.8 Å². The maximum absolute atomic E-state index is 17.3. The quantitative estimate of drug-likeness (QED) is 0.333. The largest absolute Gasteiger partial charge is 0.468 e. The van der Waals surface area contributed by atoms with Crippen molar-refractivity contribution in [2.24, 2.45) is 34.5 Å². The number of ether oxygens (including phenoxy) is 2. The van der Waals surface area contributed by atoms with Crippen molar-refractivity contribution < 1.29 is 38.1 Å². The van der Waals surface area contributed by atoms with Crippen LogP contribution in [-0.2, 0) is 28.7 Å². The van der Waals surface area contributed by atoms with Crippen molar-refractivity contribution in [3.05, 3.63) is 23.8 Å². The Kier molecular flexibility index (Phi) is 6.57. The summed E-state index contributed by atoms with van der Waals surface area (Å²) in [6.45, 7) is 6.58. The second kappa shape index (κ2) is 8.76. The van der Waals surface area contributed by atoms with Gasteiger partial charge in [-0.25, -0.2) is 4.39 Å². The molecule has 3 fully saturated rings. The van der Waals surface area contributed by atoms with E-state index in [9.17, 15) is 24.3 Å². The highest BCUT2D eigenvalue weighted by molar-refractivity contribution is 6.29. The molecule has 36 heavy (non-hydrogen) atoms. The highest BCUT2D eigenvalue weighted by atomic mass is 35.5. The Morgan fingerprint density at radius 3 is 2.53 bits per heavy atom. The molecule has 3 unspecified atom stereocenters. The van der Waals surface area contributed by atoms with Crippen molar-refractivity contribution in [1.29, 1.82) is 0 Å². The standard InChI is InChI=1S/C27H34ClFO7/c1-14-10-19-18-7-6-16-11-17(30)8-9-24(16,3)26(18,29)20(31)12-25(19,4)27(14,21(32)13-28)36-23(34)15(2)22(33)35-5/h8-9,11,14-15,18-20,31H,6-7,10,12-13H2,1-5H3/t14?,15?,18-,19-,20?,24-,25-,26-,27-/m0/s1. The van der Waals surface area contributed by atoms with Crippen molar-refractivity contribution in [1.82, 2.24) is 0 Å². The van der Waals surface area contributed by atoms with E-state index >= 15 is 4.39 Å². The zero-order valence-corrected chi connectivity index (χ0v) is 22.1. The Morgan fingerprint density at radius 1 is 1.25 bits per heavy atom. The normalized spacial score (nSPS) is 44.0. The van der Waals surface area contributed by atoms with Crippen molar-refractivity contribution in [3.8, 4) is 0 Å². The second-order valence-corrected chi connectivity index (χ2v) is 11.6. The van der Waals surface area contributed by atoms with Crippen LogP contribution in [0, 0.1) is 34.5 Å². The number of hydrogen-bond acceptors (Lipinski definition) is 7. The van der Waals surface area contributed by atoms with Gasteiger partial charge in [0.25, 0.3) is 0 Å². The van der Waals surface area contributed by atoms with Gasteiger partial charge in [-0.1, -0.05) is 25.5 Å². The summed E-state index contributed by atoms with van der Waals surface area (Å²) in [5.41, 5.74) is -5.47. The number of fused-ring (bicyclic) bond motifs is 5. The van der Waals surface area contributed by atoms with E-state index in [-0.39, 0.29) is 12.2 Å². The van der Waals surface area contributed by atoms with Crippen LogP contribution < -0.4 is 0 Å². The molecule has 0 heterocycles. The highest BCUT2D eigenvalue weighted by Gasteiger charge is 2.77. The lowest BCUT2D eigenvalue weighted by atomic mass is 9.44. The number of allylic oxidation sites excluding steroid dienone is 4. The van der Waals surface area contributed by atoms with Gasteiger partial charge in [0.05, 0.1) is 19.1 Å². The summed E-state index contributed by atoms with van der Waals surface area (Å²) in [4.78, 5) is 50.7. The third kappa shape index (κ3) is 3.25. The molecule has 198 valence electrons. The molecule has 4 rings (SSSR count). The first-order chi connectivity index (χ1) is 16.7. The number of carbonyl (C=O) groups is 4. The first-order valence-electron chi connectivity index (χ1n) is 12.5. The van der Waals surface area contributed by atoms with E-state index in [0.29, 0.717) is 24.8 Å². The van der Waals surface area contributed by atoms with E-state index in [4.69, 9.17) is 16.3 Å². The smallest absolute Gasteiger partial charge is 0.321 e. The maximum atomic E-state index is 17.3. The fourth-order valence-electron chi connectivity index (χ4n) is 8.02. The SMILES string of the molecule is COC(=O)C(C)C(=O)O[C@]1(C(=O)CCl)C(C)C[C@H]2[C@@H]3CCC4=CC(=O)C=C[C@]4(C)[C@@]3(F)C(O)C[C@@]21C. The highest BCUT2D eigenvalue weighted by Crippen LogP contribution is 2.71. The minimum Gasteiger partial charge on any atom is -0.468 e. The molecule has 0 aromatic carbocycles. The molecule has 0 saturated heterocycles. The number of hydrogen-bond donors (Lipinski definition) is 1. The molecule has 0 bridgehead atoms. The molecule has 0 aromatic heterocycles. The predicted octanol–water partition coefficient (Wildman–Crippen LogP) is 3.50. The van der Waals surface area contributed by atoms with E-state index in [0.717, 1.165) is 7.11 Å². The summed E-state index contributed by atoms with van der Waals surface area (Å²) in [5, 5.41) is 11.5.